The minimum absolute atomic E-state index is 0.0556. The lowest BCUT2D eigenvalue weighted by atomic mass is 10.1. The molecule has 0 aromatic heterocycles. The van der Waals surface area contributed by atoms with E-state index >= 15 is 0 Å². The van der Waals surface area contributed by atoms with E-state index in [1.165, 1.54) is 12.3 Å². The predicted molar refractivity (Wildman–Crippen MR) is 80.8 cm³/mol. The first-order valence-corrected chi connectivity index (χ1v) is 8.35. The molecule has 19 heavy (non-hydrogen) atoms. The van der Waals surface area contributed by atoms with Gasteiger partial charge in [-0.3, -0.25) is 0 Å². The summed E-state index contributed by atoms with van der Waals surface area (Å²) in [6, 6.07) is 4.67. The lowest BCUT2D eigenvalue weighted by Crippen LogP contribution is -2.38. The van der Waals surface area contributed by atoms with Gasteiger partial charge in [-0.15, -0.1) is 0 Å². The van der Waals surface area contributed by atoms with Gasteiger partial charge in [0.25, 0.3) is 0 Å². The Morgan fingerprint density at radius 1 is 1.21 bits per heavy atom. The van der Waals surface area contributed by atoms with Crippen LogP contribution in [0.25, 0.3) is 0 Å². The number of hydrogen-bond acceptors (Lipinski definition) is 4. The van der Waals surface area contributed by atoms with Gasteiger partial charge in [0.2, 0.25) is 0 Å². The van der Waals surface area contributed by atoms with Gasteiger partial charge in [-0.25, -0.2) is 8.42 Å². The van der Waals surface area contributed by atoms with Crippen molar-refractivity contribution in [3.63, 3.8) is 0 Å². The summed E-state index contributed by atoms with van der Waals surface area (Å²) in [5.74, 6) is 0. The van der Waals surface area contributed by atoms with Crippen LogP contribution in [0, 0.1) is 0 Å². The average molecular weight is 305 g/mol. The van der Waals surface area contributed by atoms with Crippen molar-refractivity contribution in [3.05, 3.63) is 23.2 Å². The molecular weight excluding hydrogens is 284 g/mol. The van der Waals surface area contributed by atoms with Gasteiger partial charge in [-0.05, 0) is 39.0 Å². The smallest absolute Gasteiger partial charge is 0.175 e. The van der Waals surface area contributed by atoms with Crippen molar-refractivity contribution in [2.45, 2.75) is 31.2 Å². The molecule has 0 radical (unpaired) electrons. The van der Waals surface area contributed by atoms with Crippen LogP contribution in [0.15, 0.2) is 23.1 Å². The van der Waals surface area contributed by atoms with Gasteiger partial charge in [0.05, 0.1) is 15.6 Å². The van der Waals surface area contributed by atoms with E-state index in [1.54, 1.807) is 12.1 Å². The molecule has 6 heteroatoms. The molecule has 0 aliphatic carbocycles. The maximum Gasteiger partial charge on any atom is 0.175 e. The highest BCUT2D eigenvalue weighted by Gasteiger charge is 2.11. The van der Waals surface area contributed by atoms with Crippen LogP contribution >= 0.6 is 11.6 Å². The second kappa shape index (κ2) is 6.11. The molecule has 0 spiro atoms. The van der Waals surface area contributed by atoms with Crippen molar-refractivity contribution in [1.29, 1.82) is 0 Å². The zero-order valence-corrected chi connectivity index (χ0v) is 13.3. The van der Waals surface area contributed by atoms with E-state index < -0.39 is 9.84 Å². The molecule has 0 bridgehead atoms. The molecule has 1 rings (SSSR count). The van der Waals surface area contributed by atoms with Crippen molar-refractivity contribution >= 4 is 27.1 Å². The lowest BCUT2D eigenvalue weighted by Gasteiger charge is -2.21. The van der Waals surface area contributed by atoms with Gasteiger partial charge in [-0.2, -0.15) is 0 Å². The minimum atomic E-state index is -3.21. The van der Waals surface area contributed by atoms with Crippen LogP contribution in [0.4, 0.5) is 5.69 Å². The van der Waals surface area contributed by atoms with Crippen molar-refractivity contribution < 1.29 is 8.42 Å². The zero-order valence-electron chi connectivity index (χ0n) is 11.7. The third-order valence-electron chi connectivity index (χ3n) is 2.46. The molecule has 0 fully saturated rings. The summed E-state index contributed by atoms with van der Waals surface area (Å²) in [5, 5.41) is 6.99. The number of hydrogen-bond donors (Lipinski definition) is 2. The topological polar surface area (TPSA) is 58.2 Å². The fourth-order valence-corrected chi connectivity index (χ4v) is 2.34. The highest BCUT2D eigenvalue weighted by atomic mass is 35.5. The van der Waals surface area contributed by atoms with Crippen molar-refractivity contribution in [2.75, 3.05) is 24.7 Å². The summed E-state index contributed by atoms with van der Waals surface area (Å²) < 4.78 is 22.9. The second-order valence-electron chi connectivity index (χ2n) is 5.52. The number of sulfone groups is 1. The SMILES string of the molecule is CC(C)(C)NCCNc1cc(S(C)(=O)=O)ccc1Cl. The Labute approximate surface area is 120 Å². The summed E-state index contributed by atoms with van der Waals surface area (Å²) in [5.41, 5.74) is 0.695. The van der Waals surface area contributed by atoms with Crippen LogP contribution in [-0.2, 0) is 9.84 Å². The van der Waals surface area contributed by atoms with E-state index in [2.05, 4.69) is 31.4 Å². The Balaban J connectivity index is 2.68. The number of nitrogens with one attached hydrogen (secondary N) is 2. The summed E-state index contributed by atoms with van der Waals surface area (Å²) in [7, 11) is -3.21. The van der Waals surface area contributed by atoms with Gasteiger partial charge in [0, 0.05) is 24.9 Å². The predicted octanol–water partition coefficient (Wildman–Crippen LogP) is 2.54. The largest absolute Gasteiger partial charge is 0.383 e. The van der Waals surface area contributed by atoms with E-state index in [1.807, 2.05) is 0 Å². The maximum atomic E-state index is 11.5. The molecule has 0 aliphatic heterocycles. The van der Waals surface area contributed by atoms with E-state index in [4.69, 9.17) is 11.6 Å². The van der Waals surface area contributed by atoms with Gasteiger partial charge < -0.3 is 10.6 Å². The number of benzene rings is 1. The standard InChI is InChI=1S/C13H21ClN2O2S/c1-13(2,3)16-8-7-15-12-9-10(19(4,17)18)5-6-11(12)14/h5-6,9,15-16H,7-8H2,1-4H3. The number of rotatable bonds is 5. The van der Waals surface area contributed by atoms with Crippen molar-refractivity contribution in [3.8, 4) is 0 Å². The first-order chi connectivity index (χ1) is 8.59. The van der Waals surface area contributed by atoms with Gasteiger partial charge >= 0.3 is 0 Å². The third kappa shape index (κ3) is 5.80. The monoisotopic (exact) mass is 304 g/mol. The van der Waals surface area contributed by atoms with Crippen LogP contribution < -0.4 is 10.6 Å². The highest BCUT2D eigenvalue weighted by molar-refractivity contribution is 7.90. The molecule has 0 saturated carbocycles. The fraction of sp³-hybridized carbons (Fsp3) is 0.538. The second-order valence-corrected chi connectivity index (χ2v) is 7.94. The zero-order chi connectivity index (χ0) is 14.7. The molecule has 1 aromatic rings. The molecule has 1 aromatic carbocycles. The lowest BCUT2D eigenvalue weighted by molar-refractivity contribution is 0.435. The van der Waals surface area contributed by atoms with Crippen molar-refractivity contribution in [1.82, 2.24) is 5.32 Å². The van der Waals surface area contributed by atoms with E-state index in [9.17, 15) is 8.42 Å². The molecule has 0 aliphatic rings. The average Bonchev–Trinajstić information content (AvgIpc) is 2.23. The van der Waals surface area contributed by atoms with Gasteiger partial charge in [-0.1, -0.05) is 11.6 Å². The van der Waals surface area contributed by atoms with Crippen LogP contribution in [-0.4, -0.2) is 33.3 Å². The molecule has 0 unspecified atom stereocenters. The number of anilines is 1. The van der Waals surface area contributed by atoms with Gasteiger partial charge in [0.15, 0.2) is 9.84 Å². The van der Waals surface area contributed by atoms with E-state index in [0.29, 0.717) is 17.3 Å². The van der Waals surface area contributed by atoms with Gasteiger partial charge in [0.1, 0.15) is 0 Å². The van der Waals surface area contributed by atoms with E-state index in [-0.39, 0.29) is 10.4 Å². The highest BCUT2D eigenvalue weighted by Crippen LogP contribution is 2.24. The normalized spacial score (nSPS) is 12.5. The Morgan fingerprint density at radius 2 is 1.84 bits per heavy atom. The molecular formula is C13H21ClN2O2S. The maximum absolute atomic E-state index is 11.5. The molecule has 0 atom stereocenters. The Morgan fingerprint density at radius 3 is 2.37 bits per heavy atom. The summed E-state index contributed by atoms with van der Waals surface area (Å²) >= 11 is 6.04. The summed E-state index contributed by atoms with van der Waals surface area (Å²) in [4.78, 5) is 0.267. The molecule has 4 nitrogen and oxygen atoms in total. The fourth-order valence-electron chi connectivity index (χ4n) is 1.51. The third-order valence-corrected chi connectivity index (χ3v) is 3.90. The number of halogens is 1. The summed E-state index contributed by atoms with van der Waals surface area (Å²) in [6.07, 6.45) is 1.18. The first kappa shape index (κ1) is 16.3. The first-order valence-electron chi connectivity index (χ1n) is 6.08. The Bertz CT molecular complexity index is 536. The molecule has 108 valence electrons. The molecule has 0 saturated heterocycles. The minimum Gasteiger partial charge on any atom is -0.383 e. The van der Waals surface area contributed by atoms with Crippen molar-refractivity contribution in [2.24, 2.45) is 0 Å². The Hall–Kier alpha value is -0.780. The quantitative estimate of drug-likeness (QED) is 0.821. The van der Waals surface area contributed by atoms with Crippen LogP contribution in [0.2, 0.25) is 5.02 Å². The molecule has 0 heterocycles. The summed E-state index contributed by atoms with van der Waals surface area (Å²) in [6.45, 7) is 7.70. The van der Waals surface area contributed by atoms with Crippen LogP contribution in [0.1, 0.15) is 20.8 Å². The molecule has 0 amide bonds. The molecule has 2 N–H and O–H groups in total. The van der Waals surface area contributed by atoms with Crippen LogP contribution in [0.3, 0.4) is 0 Å². The van der Waals surface area contributed by atoms with Crippen LogP contribution in [0.5, 0.6) is 0 Å². The Kier molecular flexibility index (Phi) is 5.24. The van der Waals surface area contributed by atoms with E-state index in [0.717, 1.165) is 6.54 Å².